The van der Waals surface area contributed by atoms with Crippen molar-refractivity contribution in [3.63, 3.8) is 0 Å². The summed E-state index contributed by atoms with van der Waals surface area (Å²) < 4.78 is 0. The number of anilines is 2. The van der Waals surface area contributed by atoms with Crippen molar-refractivity contribution in [1.82, 2.24) is 15.3 Å². The molecule has 0 aromatic carbocycles. The Kier molecular flexibility index (Phi) is 6.63. The first-order chi connectivity index (χ1) is 9.19. The number of carbonyl (C=O) groups excluding carboxylic acids is 1. The Morgan fingerprint density at radius 1 is 1.26 bits per heavy atom. The van der Waals surface area contributed by atoms with Crippen molar-refractivity contribution in [2.75, 3.05) is 30.8 Å². The van der Waals surface area contributed by atoms with Gasteiger partial charge in [0.1, 0.15) is 17.5 Å². The molecule has 0 atom stereocenters. The van der Waals surface area contributed by atoms with Gasteiger partial charge in [0.25, 0.3) is 0 Å². The fourth-order valence-electron chi connectivity index (χ4n) is 1.64. The molecule has 6 nitrogen and oxygen atoms in total. The minimum absolute atomic E-state index is 0.0478. The summed E-state index contributed by atoms with van der Waals surface area (Å²) in [5.74, 6) is 2.41. The zero-order chi connectivity index (χ0) is 14.1. The van der Waals surface area contributed by atoms with Crippen LogP contribution < -0.4 is 16.0 Å². The maximum atomic E-state index is 11.3. The lowest BCUT2D eigenvalue weighted by atomic mass is 10.3. The van der Waals surface area contributed by atoms with Crippen LogP contribution in [0.3, 0.4) is 0 Å². The van der Waals surface area contributed by atoms with E-state index in [-0.39, 0.29) is 5.91 Å². The van der Waals surface area contributed by atoms with Gasteiger partial charge in [-0.05, 0) is 13.3 Å². The van der Waals surface area contributed by atoms with E-state index in [1.807, 2.05) is 20.0 Å². The predicted molar refractivity (Wildman–Crippen MR) is 77.4 cm³/mol. The second-order valence-electron chi connectivity index (χ2n) is 4.18. The lowest BCUT2D eigenvalue weighted by Crippen LogP contribution is -2.24. The van der Waals surface area contributed by atoms with Crippen LogP contribution in [0.4, 0.5) is 11.6 Å². The molecule has 0 spiro atoms. The van der Waals surface area contributed by atoms with Gasteiger partial charge >= 0.3 is 0 Å². The molecule has 3 N–H and O–H groups in total. The van der Waals surface area contributed by atoms with Crippen molar-refractivity contribution < 1.29 is 4.79 Å². The van der Waals surface area contributed by atoms with Crippen LogP contribution in [0.2, 0.25) is 0 Å². The zero-order valence-electron chi connectivity index (χ0n) is 11.9. The van der Waals surface area contributed by atoms with Crippen LogP contribution >= 0.6 is 0 Å². The molecular weight excluding hydrogens is 242 g/mol. The summed E-state index contributed by atoms with van der Waals surface area (Å²) in [5.41, 5.74) is 0. The highest BCUT2D eigenvalue weighted by Crippen LogP contribution is 2.11. The molecule has 0 aliphatic heterocycles. The van der Waals surface area contributed by atoms with Crippen molar-refractivity contribution >= 4 is 17.5 Å². The molecule has 1 aromatic heterocycles. The summed E-state index contributed by atoms with van der Waals surface area (Å²) in [5, 5.41) is 8.93. The Labute approximate surface area is 114 Å². The third kappa shape index (κ3) is 5.54. The number of hydrogen-bond acceptors (Lipinski definition) is 5. The minimum Gasteiger partial charge on any atom is -0.373 e. The van der Waals surface area contributed by atoms with E-state index in [0.29, 0.717) is 19.5 Å². The van der Waals surface area contributed by atoms with Gasteiger partial charge in [0.2, 0.25) is 5.91 Å². The van der Waals surface area contributed by atoms with Crippen molar-refractivity contribution in [1.29, 1.82) is 0 Å². The first-order valence-electron chi connectivity index (χ1n) is 6.75. The van der Waals surface area contributed by atoms with Gasteiger partial charge in [-0.1, -0.05) is 6.92 Å². The summed E-state index contributed by atoms with van der Waals surface area (Å²) in [6.45, 7) is 5.23. The second kappa shape index (κ2) is 8.29. The number of nitrogens with zero attached hydrogens (tertiary/aromatic N) is 2. The van der Waals surface area contributed by atoms with E-state index < -0.39 is 0 Å². The third-order valence-corrected chi connectivity index (χ3v) is 2.53. The normalized spacial score (nSPS) is 10.1. The third-order valence-electron chi connectivity index (χ3n) is 2.53. The lowest BCUT2D eigenvalue weighted by Gasteiger charge is -2.09. The second-order valence-corrected chi connectivity index (χ2v) is 4.18. The van der Waals surface area contributed by atoms with Crippen molar-refractivity contribution in [3.8, 4) is 0 Å². The number of carbonyl (C=O) groups is 1. The van der Waals surface area contributed by atoms with E-state index in [9.17, 15) is 4.79 Å². The Morgan fingerprint density at radius 3 is 2.63 bits per heavy atom. The van der Waals surface area contributed by atoms with E-state index in [0.717, 1.165) is 30.3 Å². The minimum atomic E-state index is 0.0478. The Balaban J connectivity index is 2.56. The molecule has 6 heteroatoms. The van der Waals surface area contributed by atoms with Crippen molar-refractivity contribution in [3.05, 3.63) is 11.9 Å². The largest absolute Gasteiger partial charge is 0.373 e. The highest BCUT2D eigenvalue weighted by molar-refractivity contribution is 5.76. The summed E-state index contributed by atoms with van der Waals surface area (Å²) in [6, 6.07) is 1.84. The predicted octanol–water partition coefficient (Wildman–Crippen LogP) is 1.41. The average Bonchev–Trinajstić information content (AvgIpc) is 2.39. The highest BCUT2D eigenvalue weighted by Gasteiger charge is 2.04. The molecule has 0 fully saturated rings. The molecule has 1 aromatic rings. The van der Waals surface area contributed by atoms with Crippen LogP contribution in [0.25, 0.3) is 0 Å². The summed E-state index contributed by atoms with van der Waals surface area (Å²) in [6.07, 6.45) is 2.29. The lowest BCUT2D eigenvalue weighted by molar-refractivity contribution is -0.120. The molecule has 1 rings (SSSR count). The smallest absolute Gasteiger partial charge is 0.221 e. The van der Waals surface area contributed by atoms with Gasteiger partial charge in [0, 0.05) is 39.0 Å². The summed E-state index contributed by atoms with van der Waals surface area (Å²) in [7, 11) is 1.83. The number of nitrogens with one attached hydrogen (secondary N) is 3. The molecule has 0 saturated carbocycles. The molecule has 0 radical (unpaired) electrons. The first-order valence-corrected chi connectivity index (χ1v) is 6.75. The van der Waals surface area contributed by atoms with Gasteiger partial charge in [0.05, 0.1) is 0 Å². The monoisotopic (exact) mass is 265 g/mol. The van der Waals surface area contributed by atoms with Gasteiger partial charge in [0.15, 0.2) is 0 Å². The highest BCUT2D eigenvalue weighted by atomic mass is 16.1. The molecule has 0 unspecified atom stereocenters. The SMILES string of the molecule is CCCc1nc(NC)cc(NCCC(=O)NCC)n1. The topological polar surface area (TPSA) is 78.9 Å². The molecule has 0 bridgehead atoms. The van der Waals surface area contributed by atoms with E-state index in [4.69, 9.17) is 0 Å². The average molecular weight is 265 g/mol. The summed E-state index contributed by atoms with van der Waals surface area (Å²) in [4.78, 5) is 20.1. The number of amides is 1. The van der Waals surface area contributed by atoms with Crippen molar-refractivity contribution in [2.45, 2.75) is 33.1 Å². The van der Waals surface area contributed by atoms with E-state index >= 15 is 0 Å². The van der Waals surface area contributed by atoms with Gasteiger partial charge in [-0.3, -0.25) is 4.79 Å². The first kappa shape index (κ1) is 15.2. The van der Waals surface area contributed by atoms with Crippen LogP contribution in [-0.4, -0.2) is 36.0 Å². The van der Waals surface area contributed by atoms with Crippen LogP contribution in [-0.2, 0) is 11.2 Å². The molecule has 0 saturated heterocycles. The Morgan fingerprint density at radius 2 is 2.00 bits per heavy atom. The zero-order valence-corrected chi connectivity index (χ0v) is 11.9. The Bertz CT molecular complexity index is 408. The maximum absolute atomic E-state index is 11.3. The molecule has 19 heavy (non-hydrogen) atoms. The van der Waals surface area contributed by atoms with Crippen LogP contribution in [0.5, 0.6) is 0 Å². The molecule has 1 amide bonds. The molecular formula is C13H23N5O. The maximum Gasteiger partial charge on any atom is 0.221 e. The van der Waals surface area contributed by atoms with Gasteiger partial charge < -0.3 is 16.0 Å². The Hall–Kier alpha value is -1.85. The standard InChI is InChI=1S/C13H23N5O/c1-4-6-10-17-11(14-3)9-12(18-10)16-8-7-13(19)15-5-2/h9H,4-8H2,1-3H3,(H,15,19)(H2,14,16,17,18). The number of hydrogen-bond donors (Lipinski definition) is 3. The van der Waals surface area contributed by atoms with Gasteiger partial charge in [-0.15, -0.1) is 0 Å². The fourth-order valence-corrected chi connectivity index (χ4v) is 1.64. The van der Waals surface area contributed by atoms with Gasteiger partial charge in [-0.2, -0.15) is 0 Å². The fraction of sp³-hybridized carbons (Fsp3) is 0.615. The quantitative estimate of drug-likeness (QED) is 0.662. The van der Waals surface area contributed by atoms with E-state index in [1.165, 1.54) is 0 Å². The van der Waals surface area contributed by atoms with Gasteiger partial charge in [-0.25, -0.2) is 9.97 Å². The molecule has 0 aliphatic carbocycles. The molecule has 1 heterocycles. The number of aryl methyl sites for hydroxylation is 1. The van der Waals surface area contributed by atoms with Crippen LogP contribution in [0.1, 0.15) is 32.5 Å². The molecule has 0 aliphatic rings. The number of rotatable bonds is 8. The van der Waals surface area contributed by atoms with E-state index in [2.05, 4.69) is 32.8 Å². The number of aromatic nitrogens is 2. The molecule has 106 valence electrons. The summed E-state index contributed by atoms with van der Waals surface area (Å²) >= 11 is 0. The van der Waals surface area contributed by atoms with E-state index in [1.54, 1.807) is 0 Å². The van der Waals surface area contributed by atoms with Crippen molar-refractivity contribution in [2.24, 2.45) is 0 Å². The van der Waals surface area contributed by atoms with Crippen LogP contribution in [0.15, 0.2) is 6.07 Å². The van der Waals surface area contributed by atoms with Crippen LogP contribution in [0, 0.1) is 0 Å².